The summed E-state index contributed by atoms with van der Waals surface area (Å²) in [6, 6.07) is 10.9. The molecule has 4 aliphatic rings. The van der Waals surface area contributed by atoms with Crippen LogP contribution < -0.4 is 0 Å². The zero-order valence-electron chi connectivity index (χ0n) is 21.7. The number of nitrogens with zero attached hydrogens (tertiary/aromatic N) is 4. The molecule has 3 heterocycles. The van der Waals surface area contributed by atoms with Crippen molar-refractivity contribution < 1.29 is 9.53 Å². The smallest absolute Gasteiger partial charge is 0.307 e. The van der Waals surface area contributed by atoms with Gasteiger partial charge in [0.15, 0.2) is 12.0 Å². The molecule has 188 valence electrons. The van der Waals surface area contributed by atoms with E-state index in [-0.39, 0.29) is 17.6 Å². The topological polar surface area (TPSA) is 68.8 Å². The van der Waals surface area contributed by atoms with Gasteiger partial charge in [-0.3, -0.25) is 9.79 Å². The molecule has 1 fully saturated rings. The average Bonchev–Trinajstić information content (AvgIpc) is 3.26. The normalized spacial score (nSPS) is 28.2. The summed E-state index contributed by atoms with van der Waals surface area (Å²) in [6.07, 6.45) is 12.6. The van der Waals surface area contributed by atoms with E-state index in [0.717, 1.165) is 65.5 Å². The highest BCUT2D eigenvalue weighted by Crippen LogP contribution is 2.48. The molecule has 2 aromatic rings. The molecular formula is C31H32N4O2. The van der Waals surface area contributed by atoms with Crippen molar-refractivity contribution in [1.82, 2.24) is 9.78 Å². The first-order chi connectivity index (χ1) is 17.8. The van der Waals surface area contributed by atoms with E-state index >= 15 is 0 Å². The Bertz CT molecular complexity index is 1440. The van der Waals surface area contributed by atoms with Crippen LogP contribution in [0.2, 0.25) is 0 Å². The number of allylic oxidation sites excluding steroid dienone is 5. The summed E-state index contributed by atoms with van der Waals surface area (Å²) in [5.74, 6) is 1.97. The maximum absolute atomic E-state index is 11.6. The summed E-state index contributed by atoms with van der Waals surface area (Å²) in [4.78, 5) is 21.5. The lowest BCUT2D eigenvalue weighted by Crippen LogP contribution is -2.38. The second kappa shape index (κ2) is 8.94. The van der Waals surface area contributed by atoms with Gasteiger partial charge in [0.25, 0.3) is 0 Å². The summed E-state index contributed by atoms with van der Waals surface area (Å²) in [5.41, 5.74) is 7.66. The van der Waals surface area contributed by atoms with Gasteiger partial charge in [0.2, 0.25) is 0 Å². The number of carbonyl (C=O) groups is 1. The minimum Gasteiger partial charge on any atom is -0.431 e. The van der Waals surface area contributed by atoms with E-state index < -0.39 is 0 Å². The zero-order valence-corrected chi connectivity index (χ0v) is 21.7. The SMILES string of the molecule is C=CC1(c2ccc(C3=NC4C(=C/C3=C3/CCC=C(OC(C)=O)C3)C=Nc3cc(C)nn34)cc2)CC(C)C1. The third kappa shape index (κ3) is 4.14. The molecule has 2 aliphatic carbocycles. The van der Waals surface area contributed by atoms with Crippen molar-refractivity contribution >= 4 is 23.7 Å². The molecule has 0 saturated heterocycles. The van der Waals surface area contributed by atoms with Gasteiger partial charge in [-0.25, -0.2) is 9.67 Å². The van der Waals surface area contributed by atoms with Crippen molar-refractivity contribution in [2.75, 3.05) is 0 Å². The lowest BCUT2D eigenvalue weighted by Gasteiger charge is -2.45. The first-order valence-electron chi connectivity index (χ1n) is 13.1. The van der Waals surface area contributed by atoms with Crippen LogP contribution in [0.3, 0.4) is 0 Å². The summed E-state index contributed by atoms with van der Waals surface area (Å²) >= 11 is 0. The molecule has 1 aromatic heterocycles. The number of dihydropyridines is 1. The number of rotatable bonds is 4. The molecule has 1 unspecified atom stereocenters. The van der Waals surface area contributed by atoms with E-state index in [2.05, 4.69) is 54.9 Å². The van der Waals surface area contributed by atoms with E-state index in [9.17, 15) is 4.79 Å². The third-order valence-electron chi connectivity index (χ3n) is 7.94. The molecule has 0 N–H and O–H groups in total. The quantitative estimate of drug-likeness (QED) is 0.356. The molecule has 1 aromatic carbocycles. The Balaban J connectivity index is 1.43. The number of aryl methyl sites for hydroxylation is 1. The van der Waals surface area contributed by atoms with Gasteiger partial charge in [-0.1, -0.05) is 42.8 Å². The fourth-order valence-corrected chi connectivity index (χ4v) is 6.23. The van der Waals surface area contributed by atoms with Crippen molar-refractivity contribution in [1.29, 1.82) is 0 Å². The first-order valence-corrected chi connectivity index (χ1v) is 13.1. The van der Waals surface area contributed by atoms with Crippen LogP contribution in [-0.2, 0) is 14.9 Å². The monoisotopic (exact) mass is 492 g/mol. The lowest BCUT2D eigenvalue weighted by atomic mass is 9.59. The molecule has 0 radical (unpaired) electrons. The van der Waals surface area contributed by atoms with E-state index in [1.54, 1.807) is 0 Å². The van der Waals surface area contributed by atoms with Gasteiger partial charge in [0, 0.05) is 47.8 Å². The number of hydrogen-bond donors (Lipinski definition) is 0. The Hall–Kier alpha value is -3.80. The Kier molecular flexibility index (Phi) is 5.70. The number of carbonyl (C=O) groups excluding carboxylic acids is 1. The van der Waals surface area contributed by atoms with Gasteiger partial charge in [-0.05, 0) is 56.2 Å². The minimum absolute atomic E-state index is 0.0785. The van der Waals surface area contributed by atoms with E-state index in [4.69, 9.17) is 14.8 Å². The standard InChI is InChI=1S/C31H32N4O2/c1-5-31(16-19(2)17-31)25-11-9-22(10-12-25)29-27(23-7-6-8-26(14-23)37-21(4)36)15-24-18-32-28-13-20(3)34-35(28)30(24)33-29/h5,8-13,15,18-19,30H,1,6-7,14,16-17H2,2-4H3/b27-23+. The molecular weight excluding hydrogens is 460 g/mol. The number of aromatic nitrogens is 2. The number of benzene rings is 1. The molecule has 1 saturated carbocycles. The summed E-state index contributed by atoms with van der Waals surface area (Å²) in [6.45, 7) is 9.87. The molecule has 37 heavy (non-hydrogen) atoms. The van der Waals surface area contributed by atoms with Crippen LogP contribution in [0.4, 0.5) is 5.82 Å². The van der Waals surface area contributed by atoms with Crippen LogP contribution in [0.15, 0.2) is 87.6 Å². The van der Waals surface area contributed by atoms with Crippen LogP contribution in [-0.4, -0.2) is 27.7 Å². The maximum atomic E-state index is 11.6. The molecule has 0 amide bonds. The van der Waals surface area contributed by atoms with Crippen molar-refractivity contribution in [2.24, 2.45) is 15.9 Å². The van der Waals surface area contributed by atoms with E-state index in [0.29, 0.717) is 12.2 Å². The average molecular weight is 493 g/mol. The van der Waals surface area contributed by atoms with Crippen LogP contribution in [0, 0.1) is 12.8 Å². The predicted molar refractivity (Wildman–Crippen MR) is 146 cm³/mol. The van der Waals surface area contributed by atoms with Crippen LogP contribution in [0.25, 0.3) is 0 Å². The Morgan fingerprint density at radius 2 is 2.03 bits per heavy atom. The van der Waals surface area contributed by atoms with Gasteiger partial charge in [-0.2, -0.15) is 5.10 Å². The number of ether oxygens (including phenoxy) is 1. The Labute approximate surface area is 217 Å². The predicted octanol–water partition coefficient (Wildman–Crippen LogP) is 6.62. The van der Waals surface area contributed by atoms with Crippen molar-refractivity contribution in [2.45, 2.75) is 64.5 Å². The van der Waals surface area contributed by atoms with Crippen LogP contribution in [0.1, 0.15) is 68.9 Å². The van der Waals surface area contributed by atoms with Crippen LogP contribution >= 0.6 is 0 Å². The van der Waals surface area contributed by atoms with Crippen molar-refractivity contribution in [3.8, 4) is 0 Å². The van der Waals surface area contributed by atoms with Crippen molar-refractivity contribution in [3.63, 3.8) is 0 Å². The second-order valence-corrected chi connectivity index (χ2v) is 10.8. The largest absolute Gasteiger partial charge is 0.431 e. The molecule has 0 bridgehead atoms. The molecule has 6 nitrogen and oxygen atoms in total. The molecule has 1 atom stereocenters. The molecule has 6 heteroatoms. The molecule has 6 rings (SSSR count). The van der Waals surface area contributed by atoms with Crippen LogP contribution in [0.5, 0.6) is 0 Å². The Morgan fingerprint density at radius 3 is 2.73 bits per heavy atom. The van der Waals surface area contributed by atoms with Gasteiger partial charge in [0.05, 0.1) is 11.4 Å². The first kappa shape index (κ1) is 23.6. The summed E-state index contributed by atoms with van der Waals surface area (Å²) in [5, 5.41) is 4.69. The van der Waals surface area contributed by atoms with E-state index in [1.807, 2.05) is 30.0 Å². The third-order valence-corrected chi connectivity index (χ3v) is 7.94. The van der Waals surface area contributed by atoms with Gasteiger partial charge in [0.1, 0.15) is 5.76 Å². The van der Waals surface area contributed by atoms with Gasteiger partial charge >= 0.3 is 5.97 Å². The number of hydrogen-bond acceptors (Lipinski definition) is 5. The zero-order chi connectivity index (χ0) is 25.7. The highest BCUT2D eigenvalue weighted by atomic mass is 16.5. The minimum atomic E-state index is -0.286. The number of fused-ring (bicyclic) bond motifs is 3. The lowest BCUT2D eigenvalue weighted by molar-refractivity contribution is -0.137. The van der Waals surface area contributed by atoms with Crippen molar-refractivity contribution in [3.05, 3.63) is 94.4 Å². The Morgan fingerprint density at radius 1 is 1.24 bits per heavy atom. The molecule has 0 spiro atoms. The fraction of sp³-hybridized carbons (Fsp3) is 0.355. The second-order valence-electron chi connectivity index (χ2n) is 10.8. The number of esters is 1. The number of aliphatic imine (C=N–C) groups is 2. The summed E-state index contributed by atoms with van der Waals surface area (Å²) in [7, 11) is 0. The van der Waals surface area contributed by atoms with Gasteiger partial charge in [-0.15, -0.1) is 6.58 Å². The van der Waals surface area contributed by atoms with E-state index in [1.165, 1.54) is 18.1 Å². The maximum Gasteiger partial charge on any atom is 0.307 e. The van der Waals surface area contributed by atoms with Gasteiger partial charge < -0.3 is 4.74 Å². The highest BCUT2D eigenvalue weighted by molar-refractivity contribution is 6.16. The molecule has 2 aliphatic heterocycles. The highest BCUT2D eigenvalue weighted by Gasteiger charge is 2.40. The summed E-state index contributed by atoms with van der Waals surface area (Å²) < 4.78 is 7.39. The fourth-order valence-electron chi connectivity index (χ4n) is 6.23.